The van der Waals surface area contributed by atoms with E-state index in [4.69, 9.17) is 10.5 Å². The number of nitrogens with zero attached hydrogens (tertiary/aromatic N) is 7. The fourth-order valence-corrected chi connectivity index (χ4v) is 4.31. The van der Waals surface area contributed by atoms with Crippen molar-refractivity contribution in [3.8, 4) is 17.3 Å². The number of aromatic nitrogens is 5. The molecule has 2 amide bonds. The molecule has 5 rings (SSSR count). The summed E-state index contributed by atoms with van der Waals surface area (Å²) >= 11 is 0. The maximum absolute atomic E-state index is 13.0. The third kappa shape index (κ3) is 3.37. The standard InChI is InChI=1S/C21H23N9O3/c1-12-5-29(20(32)21(9-22)10-33-11-21)7-15(12)26-17-14(18(23)31)4-25-30-8-16(27-19(17)30)13-3-24-28(2)6-13/h3-4,6,8,12,15,26H,5,7,10-11H2,1-2H3,(H2,23,31)/t12-,15-/m1/s1. The number of nitrogens with two attached hydrogens (primary N) is 1. The van der Waals surface area contributed by atoms with Gasteiger partial charge in [-0.3, -0.25) is 14.3 Å². The fraction of sp³-hybridized carbons (Fsp3) is 0.429. The zero-order valence-electron chi connectivity index (χ0n) is 18.2. The van der Waals surface area contributed by atoms with Crippen molar-refractivity contribution in [1.82, 2.24) is 29.3 Å². The highest BCUT2D eigenvalue weighted by Gasteiger charge is 2.50. The van der Waals surface area contributed by atoms with Gasteiger partial charge in [0.05, 0.1) is 54.8 Å². The highest BCUT2D eigenvalue weighted by molar-refractivity contribution is 6.01. The van der Waals surface area contributed by atoms with Crippen molar-refractivity contribution in [3.05, 3.63) is 30.4 Å². The van der Waals surface area contributed by atoms with Crippen LogP contribution in [0.15, 0.2) is 24.8 Å². The molecule has 12 heteroatoms. The van der Waals surface area contributed by atoms with Crippen LogP contribution in [0.2, 0.25) is 0 Å². The summed E-state index contributed by atoms with van der Waals surface area (Å²) in [5.74, 6) is -0.790. The Bertz CT molecular complexity index is 1300. The van der Waals surface area contributed by atoms with E-state index >= 15 is 0 Å². The second-order valence-electron chi connectivity index (χ2n) is 8.72. The molecule has 5 heterocycles. The predicted molar refractivity (Wildman–Crippen MR) is 116 cm³/mol. The largest absolute Gasteiger partial charge is 0.377 e. The smallest absolute Gasteiger partial charge is 0.252 e. The number of likely N-dealkylation sites (tertiary alicyclic amines) is 1. The molecule has 2 saturated heterocycles. The van der Waals surface area contributed by atoms with Crippen molar-refractivity contribution >= 4 is 23.1 Å². The minimum atomic E-state index is -1.10. The van der Waals surface area contributed by atoms with Crippen LogP contribution in [-0.4, -0.2) is 73.4 Å². The van der Waals surface area contributed by atoms with Crippen molar-refractivity contribution in [1.29, 1.82) is 5.26 Å². The molecule has 0 saturated carbocycles. The van der Waals surface area contributed by atoms with E-state index in [9.17, 15) is 14.9 Å². The third-order valence-electron chi connectivity index (χ3n) is 6.31. The van der Waals surface area contributed by atoms with Crippen LogP contribution in [0, 0.1) is 22.7 Å². The highest BCUT2D eigenvalue weighted by atomic mass is 16.5. The number of rotatable bonds is 5. The second kappa shape index (κ2) is 7.56. The monoisotopic (exact) mass is 449 g/mol. The Kier molecular flexibility index (Phi) is 4.79. The van der Waals surface area contributed by atoms with Gasteiger partial charge >= 0.3 is 0 Å². The molecule has 0 aromatic carbocycles. The number of carbonyl (C=O) groups is 2. The van der Waals surface area contributed by atoms with Crippen LogP contribution in [0.3, 0.4) is 0 Å². The minimum absolute atomic E-state index is 0.0624. The van der Waals surface area contributed by atoms with Crippen molar-refractivity contribution in [2.75, 3.05) is 31.6 Å². The minimum Gasteiger partial charge on any atom is -0.377 e. The van der Waals surface area contributed by atoms with Gasteiger partial charge in [0.2, 0.25) is 5.91 Å². The average Bonchev–Trinajstić information content (AvgIpc) is 3.46. The molecule has 2 aliphatic heterocycles. The quantitative estimate of drug-likeness (QED) is 0.552. The maximum Gasteiger partial charge on any atom is 0.252 e. The number of fused-ring (bicyclic) bond motifs is 1. The number of nitrogens with one attached hydrogen (secondary N) is 1. The number of ether oxygens (including phenoxy) is 1. The molecule has 2 aliphatic rings. The lowest BCUT2D eigenvalue weighted by Gasteiger charge is -2.36. The van der Waals surface area contributed by atoms with E-state index < -0.39 is 11.3 Å². The van der Waals surface area contributed by atoms with Gasteiger partial charge in [-0.25, -0.2) is 9.50 Å². The van der Waals surface area contributed by atoms with E-state index in [-0.39, 0.29) is 36.6 Å². The van der Waals surface area contributed by atoms with E-state index in [2.05, 4.69) is 26.6 Å². The van der Waals surface area contributed by atoms with Gasteiger partial charge in [0.1, 0.15) is 0 Å². The Morgan fingerprint density at radius 1 is 1.27 bits per heavy atom. The van der Waals surface area contributed by atoms with Crippen LogP contribution in [0.1, 0.15) is 17.3 Å². The average molecular weight is 449 g/mol. The molecular formula is C21H23N9O3. The van der Waals surface area contributed by atoms with Gasteiger partial charge in [-0.15, -0.1) is 0 Å². The molecule has 2 fully saturated rings. The molecule has 170 valence electrons. The lowest BCUT2D eigenvalue weighted by molar-refractivity contribution is -0.160. The van der Waals surface area contributed by atoms with Crippen LogP contribution >= 0.6 is 0 Å². The van der Waals surface area contributed by atoms with E-state index in [0.717, 1.165) is 5.56 Å². The number of hydrogen-bond donors (Lipinski definition) is 2. The van der Waals surface area contributed by atoms with Crippen molar-refractivity contribution in [3.63, 3.8) is 0 Å². The maximum atomic E-state index is 13.0. The van der Waals surface area contributed by atoms with Gasteiger partial charge in [0, 0.05) is 37.9 Å². The fourth-order valence-electron chi connectivity index (χ4n) is 4.31. The Labute approximate surface area is 188 Å². The molecule has 0 spiro atoms. The number of primary amides is 1. The van der Waals surface area contributed by atoms with E-state index in [1.165, 1.54) is 6.20 Å². The number of imidazole rings is 1. The topological polar surface area (TPSA) is 156 Å². The zero-order chi connectivity index (χ0) is 23.3. The van der Waals surface area contributed by atoms with Gasteiger partial charge in [0.15, 0.2) is 11.1 Å². The summed E-state index contributed by atoms with van der Waals surface area (Å²) in [6.45, 7) is 3.12. The number of nitriles is 1. The molecule has 0 radical (unpaired) electrons. The molecule has 3 aromatic rings. The molecule has 0 aliphatic carbocycles. The van der Waals surface area contributed by atoms with E-state index in [1.807, 2.05) is 20.2 Å². The molecule has 2 atom stereocenters. The molecule has 0 bridgehead atoms. The molecule has 3 N–H and O–H groups in total. The number of hydrogen-bond acceptors (Lipinski definition) is 8. The van der Waals surface area contributed by atoms with E-state index in [1.54, 1.807) is 26.5 Å². The first-order chi connectivity index (χ1) is 15.8. The van der Waals surface area contributed by atoms with Gasteiger partial charge < -0.3 is 20.7 Å². The summed E-state index contributed by atoms with van der Waals surface area (Å²) in [5.41, 5.74) is 7.11. The number of aryl methyl sites for hydroxylation is 1. The summed E-state index contributed by atoms with van der Waals surface area (Å²) < 4.78 is 8.38. The molecule has 3 aromatic heterocycles. The molecule has 12 nitrogen and oxygen atoms in total. The van der Waals surface area contributed by atoms with Crippen LogP contribution in [0.5, 0.6) is 0 Å². The van der Waals surface area contributed by atoms with Crippen LogP contribution in [0.25, 0.3) is 16.9 Å². The summed E-state index contributed by atoms with van der Waals surface area (Å²) in [7, 11) is 1.82. The lowest BCUT2D eigenvalue weighted by Crippen LogP contribution is -2.54. The van der Waals surface area contributed by atoms with Gasteiger partial charge in [0.25, 0.3) is 5.91 Å². The van der Waals surface area contributed by atoms with Gasteiger partial charge in [-0.05, 0) is 5.92 Å². The van der Waals surface area contributed by atoms with Crippen molar-refractivity contribution in [2.24, 2.45) is 24.1 Å². The Balaban J connectivity index is 1.47. The molecule has 0 unspecified atom stereocenters. The second-order valence-corrected chi connectivity index (χ2v) is 8.72. The third-order valence-corrected chi connectivity index (χ3v) is 6.31. The van der Waals surface area contributed by atoms with Crippen molar-refractivity contribution in [2.45, 2.75) is 13.0 Å². The van der Waals surface area contributed by atoms with Gasteiger partial charge in [-0.2, -0.15) is 15.5 Å². The predicted octanol–water partition coefficient (Wildman–Crippen LogP) is 0.0277. The van der Waals surface area contributed by atoms with Crippen LogP contribution < -0.4 is 11.1 Å². The van der Waals surface area contributed by atoms with Crippen LogP contribution in [-0.2, 0) is 16.6 Å². The number of amides is 2. The Morgan fingerprint density at radius 3 is 2.67 bits per heavy atom. The van der Waals surface area contributed by atoms with Crippen LogP contribution in [0.4, 0.5) is 5.69 Å². The first-order valence-corrected chi connectivity index (χ1v) is 10.5. The Morgan fingerprint density at radius 2 is 2.06 bits per heavy atom. The lowest BCUT2D eigenvalue weighted by atomic mass is 9.86. The Hall–Kier alpha value is -3.98. The van der Waals surface area contributed by atoms with Crippen molar-refractivity contribution < 1.29 is 14.3 Å². The van der Waals surface area contributed by atoms with Gasteiger partial charge in [-0.1, -0.05) is 6.92 Å². The molecule has 33 heavy (non-hydrogen) atoms. The van der Waals surface area contributed by atoms with E-state index in [0.29, 0.717) is 30.1 Å². The normalized spacial score (nSPS) is 21.5. The first-order valence-electron chi connectivity index (χ1n) is 10.5. The highest BCUT2D eigenvalue weighted by Crippen LogP contribution is 2.33. The molecular weight excluding hydrogens is 426 g/mol. The number of carbonyl (C=O) groups excluding carboxylic acids is 2. The zero-order valence-corrected chi connectivity index (χ0v) is 18.2. The first kappa shape index (κ1) is 20.9. The summed E-state index contributed by atoms with van der Waals surface area (Å²) in [5, 5.41) is 21.3. The number of anilines is 1. The summed E-state index contributed by atoms with van der Waals surface area (Å²) in [6.07, 6.45) is 6.69. The SMILES string of the molecule is C[C@@H]1CN(C(=O)C2(C#N)COC2)C[C@H]1Nc1c(C(N)=O)cnn2cc(-c3cnn(C)c3)nc12. The summed E-state index contributed by atoms with van der Waals surface area (Å²) in [6, 6.07) is 1.94. The summed E-state index contributed by atoms with van der Waals surface area (Å²) in [4.78, 5) is 31.5.